The summed E-state index contributed by atoms with van der Waals surface area (Å²) in [6.07, 6.45) is -6.87. The van der Waals surface area contributed by atoms with E-state index in [2.05, 4.69) is 17.9 Å². The van der Waals surface area contributed by atoms with Gasteiger partial charge in [0.15, 0.2) is 0 Å². The van der Waals surface area contributed by atoms with Crippen LogP contribution < -0.4 is 0 Å². The van der Waals surface area contributed by atoms with E-state index in [0.717, 1.165) is 18.7 Å². The van der Waals surface area contributed by atoms with Crippen LogP contribution in [0, 0.1) is 11.3 Å². The van der Waals surface area contributed by atoms with Crippen molar-refractivity contribution < 1.29 is 18.3 Å². The number of hydrogen-bond acceptors (Lipinski definition) is 4. The summed E-state index contributed by atoms with van der Waals surface area (Å²) in [4.78, 5) is 4.11. The molecule has 0 radical (unpaired) electrons. The Morgan fingerprint density at radius 1 is 1.25 bits per heavy atom. The minimum Gasteiger partial charge on any atom is -0.391 e. The molecule has 2 rings (SSSR count). The first kappa shape index (κ1) is 18.7. The maximum Gasteiger partial charge on any atom is 0.391 e. The summed E-state index contributed by atoms with van der Waals surface area (Å²) in [6, 6.07) is 9.72. The van der Waals surface area contributed by atoms with Gasteiger partial charge in [0.05, 0.1) is 24.2 Å². The van der Waals surface area contributed by atoms with Gasteiger partial charge < -0.3 is 5.11 Å². The van der Waals surface area contributed by atoms with Crippen LogP contribution in [0.3, 0.4) is 0 Å². The summed E-state index contributed by atoms with van der Waals surface area (Å²) in [5.74, 6) is 0. The topological polar surface area (TPSA) is 50.5 Å². The second-order valence-corrected chi connectivity index (χ2v) is 6.22. The van der Waals surface area contributed by atoms with Gasteiger partial charge in [-0.2, -0.15) is 18.4 Å². The normalized spacial score (nSPS) is 19.7. The first-order valence-corrected chi connectivity index (χ1v) is 8.00. The van der Waals surface area contributed by atoms with Crippen molar-refractivity contribution in [3.05, 3.63) is 35.4 Å². The highest BCUT2D eigenvalue weighted by molar-refractivity contribution is 5.34. The van der Waals surface area contributed by atoms with Crippen LogP contribution in [0.25, 0.3) is 0 Å². The van der Waals surface area contributed by atoms with Crippen molar-refractivity contribution >= 4 is 0 Å². The average Bonchev–Trinajstić information content (AvgIpc) is 2.53. The molecule has 1 heterocycles. The van der Waals surface area contributed by atoms with E-state index in [9.17, 15) is 18.3 Å². The van der Waals surface area contributed by atoms with Gasteiger partial charge in [0, 0.05) is 38.8 Å². The van der Waals surface area contributed by atoms with Crippen molar-refractivity contribution in [1.29, 1.82) is 5.26 Å². The molecule has 0 aliphatic carbocycles. The van der Waals surface area contributed by atoms with Gasteiger partial charge in [0.1, 0.15) is 0 Å². The third-order valence-electron chi connectivity index (χ3n) is 4.39. The summed E-state index contributed by atoms with van der Waals surface area (Å²) in [7, 11) is 0. The van der Waals surface area contributed by atoms with Gasteiger partial charge in [-0.3, -0.25) is 9.80 Å². The third-order valence-corrected chi connectivity index (χ3v) is 4.39. The largest absolute Gasteiger partial charge is 0.391 e. The Hall–Kier alpha value is -1.62. The summed E-state index contributed by atoms with van der Waals surface area (Å²) in [6.45, 7) is 4.79. The number of piperazine rings is 1. The first-order valence-electron chi connectivity index (χ1n) is 8.00. The van der Waals surface area contributed by atoms with Crippen molar-refractivity contribution in [3.8, 4) is 6.07 Å². The second kappa shape index (κ2) is 7.97. The molecule has 1 aromatic rings. The van der Waals surface area contributed by atoms with E-state index in [1.54, 1.807) is 6.07 Å². The number of nitrogens with zero attached hydrogens (tertiary/aromatic N) is 3. The Labute approximate surface area is 140 Å². The standard InChI is InChI=1S/C17H22F3N3O/c1-13(15-4-2-3-14(9-15)11-21)23-7-5-22(6-8-23)12-16(24)10-17(18,19)20/h2-4,9,13,16,24H,5-8,10,12H2,1H3/t13-,16-/m0/s1. The molecule has 1 N–H and O–H groups in total. The number of β-amino-alcohol motifs (C(OH)–C–C–N with tert-alkyl or cyclic N) is 1. The zero-order chi connectivity index (χ0) is 17.7. The highest BCUT2D eigenvalue weighted by Crippen LogP contribution is 2.24. The molecule has 0 unspecified atom stereocenters. The summed E-state index contributed by atoms with van der Waals surface area (Å²) in [5, 5.41) is 18.5. The van der Waals surface area contributed by atoms with Crippen LogP contribution >= 0.6 is 0 Å². The fourth-order valence-corrected chi connectivity index (χ4v) is 3.04. The van der Waals surface area contributed by atoms with E-state index in [4.69, 9.17) is 5.26 Å². The Balaban J connectivity index is 1.85. The highest BCUT2D eigenvalue weighted by Gasteiger charge is 2.32. The Kier molecular flexibility index (Phi) is 6.21. The molecule has 0 spiro atoms. The molecule has 0 bridgehead atoms. The van der Waals surface area contributed by atoms with E-state index in [1.165, 1.54) is 0 Å². The molecule has 0 saturated carbocycles. The van der Waals surface area contributed by atoms with Gasteiger partial charge in [0.25, 0.3) is 0 Å². The number of rotatable bonds is 5. The Bertz CT molecular complexity index is 577. The smallest absolute Gasteiger partial charge is 0.391 e. The molecule has 1 fully saturated rings. The Morgan fingerprint density at radius 2 is 1.92 bits per heavy atom. The van der Waals surface area contributed by atoms with Crippen LogP contribution in [0.2, 0.25) is 0 Å². The number of benzene rings is 1. The fraction of sp³-hybridized carbons (Fsp3) is 0.588. The van der Waals surface area contributed by atoms with Crippen molar-refractivity contribution in [2.45, 2.75) is 31.7 Å². The predicted molar refractivity (Wildman–Crippen MR) is 84.3 cm³/mol. The summed E-state index contributed by atoms with van der Waals surface area (Å²) < 4.78 is 36.8. The predicted octanol–water partition coefficient (Wildman–Crippen LogP) is 2.55. The molecule has 1 aliphatic rings. The van der Waals surface area contributed by atoms with E-state index >= 15 is 0 Å². The van der Waals surface area contributed by atoms with Crippen LogP contribution in [0.5, 0.6) is 0 Å². The molecule has 0 amide bonds. The van der Waals surface area contributed by atoms with Gasteiger partial charge in [-0.15, -0.1) is 0 Å². The minimum atomic E-state index is -4.33. The molecule has 7 heteroatoms. The quantitative estimate of drug-likeness (QED) is 0.894. The molecule has 4 nitrogen and oxygen atoms in total. The number of nitriles is 1. The lowest BCUT2D eigenvalue weighted by Crippen LogP contribution is -2.49. The summed E-state index contributed by atoms with van der Waals surface area (Å²) >= 11 is 0. The average molecular weight is 341 g/mol. The number of halogens is 3. The van der Waals surface area contributed by atoms with Gasteiger partial charge in [-0.05, 0) is 24.6 Å². The van der Waals surface area contributed by atoms with Crippen LogP contribution in [-0.4, -0.2) is 59.9 Å². The van der Waals surface area contributed by atoms with Gasteiger partial charge in [0.2, 0.25) is 0 Å². The van der Waals surface area contributed by atoms with Crippen LogP contribution in [-0.2, 0) is 0 Å². The first-order chi connectivity index (χ1) is 11.3. The Morgan fingerprint density at radius 3 is 2.50 bits per heavy atom. The molecule has 1 aromatic carbocycles. The number of aliphatic hydroxyl groups excluding tert-OH is 1. The minimum absolute atomic E-state index is 0.0473. The summed E-state index contributed by atoms with van der Waals surface area (Å²) in [5.41, 5.74) is 1.67. The van der Waals surface area contributed by atoms with Crippen molar-refractivity contribution in [2.24, 2.45) is 0 Å². The molecule has 2 atom stereocenters. The highest BCUT2D eigenvalue weighted by atomic mass is 19.4. The zero-order valence-electron chi connectivity index (χ0n) is 13.6. The van der Waals surface area contributed by atoms with Crippen LogP contribution in [0.4, 0.5) is 13.2 Å². The van der Waals surface area contributed by atoms with E-state index < -0.39 is 18.7 Å². The van der Waals surface area contributed by atoms with Gasteiger partial charge >= 0.3 is 6.18 Å². The van der Waals surface area contributed by atoms with E-state index in [0.29, 0.717) is 18.7 Å². The molecule has 132 valence electrons. The molecule has 24 heavy (non-hydrogen) atoms. The molecule has 1 aliphatic heterocycles. The van der Waals surface area contributed by atoms with E-state index in [1.807, 2.05) is 23.1 Å². The third kappa shape index (κ3) is 5.48. The van der Waals surface area contributed by atoms with Crippen molar-refractivity contribution in [2.75, 3.05) is 32.7 Å². The lowest BCUT2D eigenvalue weighted by Gasteiger charge is -2.39. The van der Waals surface area contributed by atoms with E-state index in [-0.39, 0.29) is 12.6 Å². The SMILES string of the molecule is C[C@@H](c1cccc(C#N)c1)N1CCN(C[C@@H](O)CC(F)(F)F)CC1. The number of hydrogen-bond donors (Lipinski definition) is 1. The molecule has 0 aromatic heterocycles. The van der Waals surface area contributed by atoms with Crippen LogP contribution in [0.15, 0.2) is 24.3 Å². The van der Waals surface area contributed by atoms with Gasteiger partial charge in [-0.1, -0.05) is 12.1 Å². The molecule has 1 saturated heterocycles. The lowest BCUT2D eigenvalue weighted by atomic mass is 10.0. The maximum absolute atomic E-state index is 12.3. The van der Waals surface area contributed by atoms with Crippen molar-refractivity contribution in [3.63, 3.8) is 0 Å². The molecular formula is C17H22F3N3O. The zero-order valence-corrected chi connectivity index (χ0v) is 13.6. The molecular weight excluding hydrogens is 319 g/mol. The van der Waals surface area contributed by atoms with Crippen molar-refractivity contribution in [1.82, 2.24) is 9.80 Å². The monoisotopic (exact) mass is 341 g/mol. The maximum atomic E-state index is 12.3. The van der Waals surface area contributed by atoms with Gasteiger partial charge in [-0.25, -0.2) is 0 Å². The number of alkyl halides is 3. The lowest BCUT2D eigenvalue weighted by molar-refractivity contribution is -0.155. The second-order valence-electron chi connectivity index (χ2n) is 6.22. The number of aliphatic hydroxyl groups is 1. The fourth-order valence-electron chi connectivity index (χ4n) is 3.04. The van der Waals surface area contributed by atoms with Crippen LogP contribution in [0.1, 0.15) is 30.5 Å².